The molecule has 0 amide bonds. The summed E-state index contributed by atoms with van der Waals surface area (Å²) >= 11 is 0. The van der Waals surface area contributed by atoms with Crippen molar-refractivity contribution >= 4 is 5.97 Å². The lowest BCUT2D eigenvalue weighted by Crippen LogP contribution is -2.25. The minimum absolute atomic E-state index is 0.731. The molecule has 0 bridgehead atoms. The lowest BCUT2D eigenvalue weighted by molar-refractivity contribution is -0.138. The molecular formula is C3H7NO2. The third-order valence-electron chi connectivity index (χ3n) is 0.390. The maximum Gasteiger partial charge on any atom is 0.320 e. The Morgan fingerprint density at radius 3 is 2.17 bits per heavy atom. The zero-order valence-electron chi connectivity index (χ0n) is 3.51. The first-order valence-electron chi connectivity index (χ1n) is 1.63. The molecule has 0 spiro atoms. The fourth-order valence-electron chi connectivity index (χ4n) is 0. The highest BCUT2D eigenvalue weighted by atomic mass is 16.5. The molecular weight excluding hydrogens is 86.0 g/mol. The van der Waals surface area contributed by atoms with E-state index in [0.29, 0.717) is 0 Å². The van der Waals surface area contributed by atoms with E-state index in [0.717, 1.165) is 0 Å². The predicted molar refractivity (Wildman–Crippen MR) is 21.3 cm³/mol. The molecule has 36 valence electrons. The van der Waals surface area contributed by atoms with Gasteiger partial charge in [-0.1, -0.05) is 0 Å². The van der Waals surface area contributed by atoms with Crippen LogP contribution in [0.25, 0.3) is 0 Å². The van der Waals surface area contributed by atoms with Crippen LogP contribution < -0.4 is 5.73 Å². The highest BCUT2D eigenvalue weighted by Gasteiger charge is 1.99. The zero-order valence-corrected chi connectivity index (χ0v) is 3.51. The Balaban J connectivity index is 3.26. The van der Waals surface area contributed by atoms with Gasteiger partial charge in [-0.05, 0) is 6.92 Å². The fourth-order valence-corrected chi connectivity index (χ4v) is 0. The third-order valence-corrected chi connectivity index (χ3v) is 0.390. The maximum absolute atomic E-state index is 9.57. The molecule has 0 aromatic rings. The zero-order chi connectivity index (χ0) is 5.15. The van der Waals surface area contributed by atoms with Gasteiger partial charge in [0.2, 0.25) is 0 Å². The highest BCUT2D eigenvalue weighted by Crippen LogP contribution is 1.68. The normalized spacial score (nSPS) is 13.7. The van der Waals surface area contributed by atoms with Gasteiger partial charge in [0.05, 0.1) is 0 Å². The van der Waals surface area contributed by atoms with Crippen molar-refractivity contribution in [1.29, 1.82) is 0 Å². The average Bonchev–Trinajstić information content (AvgIpc) is 1.36. The number of nitrogens with two attached hydrogens (primary N) is 1. The smallest absolute Gasteiger partial charge is 0.320 e. The number of rotatable bonds is 1. The first-order chi connectivity index (χ1) is 2.64. The number of aliphatic carboxylic acids is 1. The summed E-state index contributed by atoms with van der Waals surface area (Å²) in [7, 11) is 0. The first-order valence-corrected chi connectivity index (χ1v) is 1.63. The second-order valence-corrected chi connectivity index (χ2v) is 1.13. The number of hydrogen-bond donors (Lipinski definition) is 2. The summed E-state index contributed by atoms with van der Waals surface area (Å²) < 4.78 is 0. The van der Waals surface area contributed by atoms with Crippen LogP contribution in [0.2, 0.25) is 0 Å². The van der Waals surface area contributed by atoms with Crippen LogP contribution in [0, 0.1) is 0 Å². The van der Waals surface area contributed by atoms with Gasteiger partial charge in [-0.15, -0.1) is 0 Å². The summed E-state index contributed by atoms with van der Waals surface area (Å²) in [5.41, 5.74) is 4.84. The van der Waals surface area contributed by atoms with Gasteiger partial charge in [-0.2, -0.15) is 0 Å². The lowest BCUT2D eigenvalue weighted by atomic mass is 11.4. The molecule has 0 aromatic heterocycles. The molecule has 0 aliphatic rings. The molecule has 0 aromatic carbocycles. The quantitative estimate of drug-likeness (QED) is 0.336. The van der Waals surface area contributed by atoms with Crippen LogP contribution in [0.3, 0.4) is 0 Å². The molecule has 3 nitrogen and oxygen atoms in total. The molecule has 0 saturated carbocycles. The van der Waals surface area contributed by atoms with Crippen molar-refractivity contribution < 1.29 is 9.90 Å². The lowest BCUT2D eigenvalue weighted by Gasteiger charge is -1.90. The van der Waals surface area contributed by atoms with Crippen LogP contribution >= 0.6 is 0 Å². The molecule has 0 fully saturated rings. The van der Waals surface area contributed by atoms with E-state index in [9.17, 15) is 4.79 Å². The van der Waals surface area contributed by atoms with Gasteiger partial charge in [-0.3, -0.25) is 4.79 Å². The van der Waals surface area contributed by atoms with E-state index in [2.05, 4.69) is 0 Å². The molecule has 0 rings (SSSR count). The molecule has 6 heavy (non-hydrogen) atoms. The third kappa shape index (κ3) is 1.72. The molecule has 0 heterocycles. The van der Waals surface area contributed by atoms with E-state index < -0.39 is 12.0 Å². The summed E-state index contributed by atoms with van der Waals surface area (Å²) in [5, 5.41) is 7.87. The van der Waals surface area contributed by atoms with Gasteiger partial charge in [-0.25, -0.2) is 0 Å². The number of hydrogen-bond acceptors (Lipinski definition) is 2. The average molecular weight is 93.1 g/mol. The molecule has 1 unspecified atom stereocenters. The minimum atomic E-state index is -0.963. The van der Waals surface area contributed by atoms with E-state index in [4.69, 9.17) is 10.8 Å². The molecule has 0 aliphatic carbocycles. The Bertz CT molecular complexity index is 59.8. The Kier molecular flexibility index (Phi) is 1.60. The maximum atomic E-state index is 9.57. The standard InChI is InChI=1S/C3H7NO2/c1-2(4)3(5)6/h2H,4H2,1H3,(H,5,6)/i1+1,2+1,3+1,4+1. The monoisotopic (exact) mass is 93.1 g/mol. The van der Waals surface area contributed by atoms with Gasteiger partial charge in [0.25, 0.3) is 0 Å². The summed E-state index contributed by atoms with van der Waals surface area (Å²) in [6.45, 7) is 1.42. The van der Waals surface area contributed by atoms with Crippen LogP contribution in [0.1, 0.15) is 6.92 Å². The van der Waals surface area contributed by atoms with E-state index in [1.165, 1.54) is 6.92 Å². The van der Waals surface area contributed by atoms with Crippen molar-refractivity contribution in [2.75, 3.05) is 0 Å². The Morgan fingerprint density at radius 1 is 2.00 bits per heavy atom. The van der Waals surface area contributed by atoms with E-state index in [1.807, 2.05) is 0 Å². The summed E-state index contributed by atoms with van der Waals surface area (Å²) in [4.78, 5) is 9.57. The number of carboxylic acid groups (broad SMARTS) is 1. The number of carbonyl (C=O) groups is 1. The predicted octanol–water partition coefficient (Wildman–Crippen LogP) is -0.582. The largest absolute Gasteiger partial charge is 0.480 e. The van der Waals surface area contributed by atoms with E-state index in [1.54, 1.807) is 0 Å². The molecule has 0 aliphatic heterocycles. The minimum Gasteiger partial charge on any atom is -0.480 e. The van der Waals surface area contributed by atoms with Gasteiger partial charge in [0.1, 0.15) is 6.04 Å². The Hall–Kier alpha value is -0.570. The molecule has 1 atom stereocenters. The molecule has 3 N–H and O–H groups in total. The van der Waals surface area contributed by atoms with Gasteiger partial charge in [0, 0.05) is 0 Å². The van der Waals surface area contributed by atoms with Gasteiger partial charge < -0.3 is 10.8 Å². The van der Waals surface area contributed by atoms with Crippen LogP contribution in [-0.4, -0.2) is 17.1 Å². The summed E-state index contributed by atoms with van der Waals surface area (Å²) in [6, 6.07) is -0.731. The van der Waals surface area contributed by atoms with E-state index >= 15 is 0 Å². The topological polar surface area (TPSA) is 63.3 Å². The SMILES string of the molecule is [13CH3][13CH]([15NH2])[13C](=O)O. The van der Waals surface area contributed by atoms with Crippen LogP contribution in [0.5, 0.6) is 0 Å². The van der Waals surface area contributed by atoms with Crippen molar-refractivity contribution in [2.24, 2.45) is 5.73 Å². The van der Waals surface area contributed by atoms with Crippen molar-refractivity contribution in [1.82, 2.24) is 0 Å². The van der Waals surface area contributed by atoms with Crippen LogP contribution in [0.15, 0.2) is 0 Å². The van der Waals surface area contributed by atoms with Crippen LogP contribution in [0.4, 0.5) is 0 Å². The molecule has 0 saturated heterocycles. The second kappa shape index (κ2) is 1.77. The molecule has 0 radical (unpaired) electrons. The Labute approximate surface area is 35.8 Å². The fraction of sp³-hybridized carbons (Fsp3) is 0.667. The van der Waals surface area contributed by atoms with Crippen molar-refractivity contribution in [3.8, 4) is 0 Å². The van der Waals surface area contributed by atoms with Crippen molar-refractivity contribution in [3.05, 3.63) is 0 Å². The van der Waals surface area contributed by atoms with Gasteiger partial charge >= 0.3 is 5.97 Å². The van der Waals surface area contributed by atoms with Gasteiger partial charge in [0.15, 0.2) is 0 Å². The summed E-state index contributed by atoms with van der Waals surface area (Å²) in [5.74, 6) is -0.963. The molecule has 3 heteroatoms. The summed E-state index contributed by atoms with van der Waals surface area (Å²) in [6.07, 6.45) is 0. The van der Waals surface area contributed by atoms with Crippen LogP contribution in [-0.2, 0) is 4.79 Å². The second-order valence-electron chi connectivity index (χ2n) is 1.13. The Morgan fingerprint density at radius 2 is 2.17 bits per heavy atom. The van der Waals surface area contributed by atoms with Crippen molar-refractivity contribution in [3.63, 3.8) is 0 Å². The highest BCUT2D eigenvalue weighted by molar-refractivity contribution is 5.72. The first kappa shape index (κ1) is 5.43. The number of carboxylic acids is 1. The van der Waals surface area contributed by atoms with E-state index in [-0.39, 0.29) is 0 Å². The van der Waals surface area contributed by atoms with Crippen molar-refractivity contribution in [2.45, 2.75) is 13.0 Å².